The van der Waals surface area contributed by atoms with Crippen LogP contribution in [-0.4, -0.2) is 20.4 Å². The molecule has 8 heteroatoms. The van der Waals surface area contributed by atoms with Crippen molar-refractivity contribution in [3.63, 3.8) is 0 Å². The molecule has 0 aliphatic rings. The van der Waals surface area contributed by atoms with Crippen molar-refractivity contribution in [1.29, 1.82) is 0 Å². The van der Waals surface area contributed by atoms with Gasteiger partial charge < -0.3 is 14.5 Å². The molecule has 0 saturated carbocycles. The summed E-state index contributed by atoms with van der Waals surface area (Å²) in [5, 5.41) is 2.74. The Balaban J connectivity index is 1.56. The van der Waals surface area contributed by atoms with E-state index >= 15 is 0 Å². The first-order valence-corrected chi connectivity index (χ1v) is 11.7. The Hall–Kier alpha value is -3.10. The summed E-state index contributed by atoms with van der Waals surface area (Å²) in [5.41, 5.74) is 1.68. The number of rotatable bonds is 8. The van der Waals surface area contributed by atoms with Crippen LogP contribution in [0.15, 0.2) is 76.2 Å². The van der Waals surface area contributed by atoms with E-state index in [9.17, 15) is 13.2 Å². The standard InChI is InChI=1S/C24H28N2O5S/c1-17(31-20-11-7-18(8-12-20)24(2,3)4)23(27)26-19-9-13-22(14-10-19)32(28,29)25-16-21-6-5-15-30-21/h5-15,17,25H,16H2,1-4H3,(H,26,27). The quantitative estimate of drug-likeness (QED) is 0.521. The molecule has 2 N–H and O–H groups in total. The fourth-order valence-electron chi connectivity index (χ4n) is 2.92. The van der Waals surface area contributed by atoms with E-state index in [1.165, 1.54) is 36.1 Å². The number of amides is 1. The van der Waals surface area contributed by atoms with Gasteiger partial charge >= 0.3 is 0 Å². The van der Waals surface area contributed by atoms with Crippen LogP contribution >= 0.6 is 0 Å². The van der Waals surface area contributed by atoms with Gasteiger partial charge in [0.1, 0.15) is 11.5 Å². The van der Waals surface area contributed by atoms with Gasteiger partial charge in [0.2, 0.25) is 10.0 Å². The van der Waals surface area contributed by atoms with Crippen molar-refractivity contribution in [3.05, 3.63) is 78.3 Å². The number of benzene rings is 2. The van der Waals surface area contributed by atoms with Crippen LogP contribution in [-0.2, 0) is 26.8 Å². The third kappa shape index (κ3) is 6.21. The Labute approximate surface area is 188 Å². The smallest absolute Gasteiger partial charge is 0.265 e. The van der Waals surface area contributed by atoms with E-state index in [1.54, 1.807) is 19.1 Å². The van der Waals surface area contributed by atoms with E-state index in [0.29, 0.717) is 17.2 Å². The van der Waals surface area contributed by atoms with E-state index in [4.69, 9.17) is 9.15 Å². The predicted octanol–water partition coefficient (Wildman–Crippen LogP) is 4.46. The third-order valence-electron chi connectivity index (χ3n) is 4.85. The predicted molar refractivity (Wildman–Crippen MR) is 123 cm³/mol. The highest BCUT2D eigenvalue weighted by Crippen LogP contribution is 2.25. The second-order valence-corrected chi connectivity index (χ2v) is 10.2. The van der Waals surface area contributed by atoms with Gasteiger partial charge in [-0.2, -0.15) is 0 Å². The molecule has 3 rings (SSSR count). The maximum absolute atomic E-state index is 12.5. The highest BCUT2D eigenvalue weighted by Gasteiger charge is 2.18. The van der Waals surface area contributed by atoms with Crippen molar-refractivity contribution in [1.82, 2.24) is 4.72 Å². The fourth-order valence-corrected chi connectivity index (χ4v) is 3.91. The minimum absolute atomic E-state index is 0.0372. The SMILES string of the molecule is CC(Oc1ccc(C(C)(C)C)cc1)C(=O)Nc1ccc(S(=O)(=O)NCc2ccco2)cc1. The molecule has 0 bridgehead atoms. The van der Waals surface area contributed by atoms with Gasteiger partial charge in [-0.15, -0.1) is 0 Å². The minimum atomic E-state index is -3.70. The number of carbonyl (C=O) groups is 1. The monoisotopic (exact) mass is 456 g/mol. The van der Waals surface area contributed by atoms with Gasteiger partial charge in [0.05, 0.1) is 17.7 Å². The van der Waals surface area contributed by atoms with E-state index in [1.807, 2.05) is 24.3 Å². The van der Waals surface area contributed by atoms with Gasteiger partial charge in [-0.1, -0.05) is 32.9 Å². The van der Waals surface area contributed by atoms with E-state index in [2.05, 4.69) is 30.8 Å². The van der Waals surface area contributed by atoms with E-state index in [0.717, 1.165) is 0 Å². The lowest BCUT2D eigenvalue weighted by Crippen LogP contribution is -2.30. The van der Waals surface area contributed by atoms with Crippen LogP contribution in [0.4, 0.5) is 5.69 Å². The van der Waals surface area contributed by atoms with Gasteiger partial charge in [-0.3, -0.25) is 4.79 Å². The zero-order chi connectivity index (χ0) is 23.4. The fraction of sp³-hybridized carbons (Fsp3) is 0.292. The molecule has 0 aliphatic carbocycles. The van der Waals surface area contributed by atoms with E-state index in [-0.39, 0.29) is 22.8 Å². The maximum Gasteiger partial charge on any atom is 0.265 e. The number of carbonyl (C=O) groups excluding carboxylic acids is 1. The van der Waals surface area contributed by atoms with Crippen molar-refractivity contribution in [2.45, 2.75) is 50.7 Å². The first-order valence-electron chi connectivity index (χ1n) is 10.2. The molecule has 170 valence electrons. The lowest BCUT2D eigenvalue weighted by molar-refractivity contribution is -0.122. The zero-order valence-electron chi connectivity index (χ0n) is 18.6. The number of nitrogens with one attached hydrogen (secondary N) is 2. The Kier molecular flexibility index (Phi) is 7.06. The van der Waals surface area contributed by atoms with Crippen molar-refractivity contribution in [3.8, 4) is 5.75 Å². The van der Waals surface area contributed by atoms with Crippen molar-refractivity contribution >= 4 is 21.6 Å². The summed E-state index contributed by atoms with van der Waals surface area (Å²) in [7, 11) is -3.70. The number of ether oxygens (including phenoxy) is 1. The van der Waals surface area contributed by atoms with Crippen LogP contribution in [0.3, 0.4) is 0 Å². The molecule has 2 aromatic carbocycles. The lowest BCUT2D eigenvalue weighted by atomic mass is 9.87. The number of furan rings is 1. The second kappa shape index (κ2) is 9.58. The summed E-state index contributed by atoms with van der Waals surface area (Å²) in [4.78, 5) is 12.6. The Morgan fingerprint density at radius 1 is 1.03 bits per heavy atom. The first-order chi connectivity index (χ1) is 15.0. The third-order valence-corrected chi connectivity index (χ3v) is 6.27. The molecule has 1 heterocycles. The molecule has 1 atom stereocenters. The molecule has 1 amide bonds. The van der Waals surface area contributed by atoms with Crippen LogP contribution in [0, 0.1) is 0 Å². The summed E-state index contributed by atoms with van der Waals surface area (Å²) in [6, 6.07) is 17.0. The molecule has 0 saturated heterocycles. The zero-order valence-corrected chi connectivity index (χ0v) is 19.4. The van der Waals surface area contributed by atoms with Gasteiger partial charge in [0, 0.05) is 5.69 Å². The van der Waals surface area contributed by atoms with Crippen molar-refractivity contribution in [2.75, 3.05) is 5.32 Å². The Bertz CT molecular complexity index is 1130. The van der Waals surface area contributed by atoms with E-state index < -0.39 is 16.1 Å². The summed E-state index contributed by atoms with van der Waals surface area (Å²) >= 11 is 0. The van der Waals surface area contributed by atoms with Gasteiger partial charge in [0.25, 0.3) is 5.91 Å². The topological polar surface area (TPSA) is 97.6 Å². The number of anilines is 1. The average Bonchev–Trinajstić information content (AvgIpc) is 3.26. The highest BCUT2D eigenvalue weighted by atomic mass is 32.2. The van der Waals surface area contributed by atoms with Crippen LogP contribution in [0.2, 0.25) is 0 Å². The Morgan fingerprint density at radius 2 is 1.69 bits per heavy atom. The molecule has 0 spiro atoms. The Morgan fingerprint density at radius 3 is 2.25 bits per heavy atom. The lowest BCUT2D eigenvalue weighted by Gasteiger charge is -2.20. The van der Waals surface area contributed by atoms with Gasteiger partial charge in [0.15, 0.2) is 6.10 Å². The van der Waals surface area contributed by atoms with Crippen LogP contribution in [0.25, 0.3) is 0 Å². The highest BCUT2D eigenvalue weighted by molar-refractivity contribution is 7.89. The van der Waals surface area contributed by atoms with Crippen LogP contribution < -0.4 is 14.8 Å². The normalized spacial score (nSPS) is 12.9. The minimum Gasteiger partial charge on any atom is -0.481 e. The van der Waals surface area contributed by atoms with Crippen LogP contribution in [0.1, 0.15) is 39.0 Å². The average molecular weight is 457 g/mol. The van der Waals surface area contributed by atoms with Crippen molar-refractivity contribution in [2.24, 2.45) is 0 Å². The maximum atomic E-state index is 12.5. The summed E-state index contributed by atoms with van der Waals surface area (Å²) in [5.74, 6) is 0.778. The second-order valence-electron chi connectivity index (χ2n) is 8.45. The van der Waals surface area contributed by atoms with Gasteiger partial charge in [-0.05, 0) is 66.4 Å². The molecule has 0 radical (unpaired) electrons. The number of hydrogen-bond acceptors (Lipinski definition) is 5. The molecule has 0 aliphatic heterocycles. The molecule has 32 heavy (non-hydrogen) atoms. The molecular formula is C24H28N2O5S. The molecule has 3 aromatic rings. The van der Waals surface area contributed by atoms with Gasteiger partial charge in [-0.25, -0.2) is 13.1 Å². The molecule has 0 fully saturated rings. The molecule has 1 aromatic heterocycles. The number of hydrogen-bond donors (Lipinski definition) is 2. The van der Waals surface area contributed by atoms with Crippen molar-refractivity contribution < 1.29 is 22.4 Å². The first kappa shape index (κ1) is 23.6. The summed E-state index contributed by atoms with van der Waals surface area (Å²) in [6.07, 6.45) is 0.751. The molecule has 1 unspecified atom stereocenters. The molecule has 7 nitrogen and oxygen atoms in total. The van der Waals surface area contributed by atoms with Crippen LogP contribution in [0.5, 0.6) is 5.75 Å². The summed E-state index contributed by atoms with van der Waals surface area (Å²) in [6.45, 7) is 8.10. The number of sulfonamides is 1. The molecular weight excluding hydrogens is 428 g/mol. The largest absolute Gasteiger partial charge is 0.481 e. The summed E-state index contributed by atoms with van der Waals surface area (Å²) < 4.78 is 38.1.